The summed E-state index contributed by atoms with van der Waals surface area (Å²) < 4.78 is 0. The van der Waals surface area contributed by atoms with Gasteiger partial charge in [-0.25, -0.2) is 0 Å². The molecule has 2 aliphatic carbocycles. The molecule has 0 heterocycles. The molecule has 2 nitrogen and oxygen atoms in total. The van der Waals surface area contributed by atoms with Crippen LogP contribution in [0.25, 0.3) is 0 Å². The van der Waals surface area contributed by atoms with Crippen LogP contribution >= 0.6 is 0 Å². The van der Waals surface area contributed by atoms with Crippen molar-refractivity contribution in [1.29, 1.82) is 0 Å². The first-order valence-corrected chi connectivity index (χ1v) is 4.61. The van der Waals surface area contributed by atoms with Crippen LogP contribution < -0.4 is 5.73 Å². The highest BCUT2D eigenvalue weighted by Crippen LogP contribution is 2.58. The number of hydrogen-bond acceptors (Lipinski definition) is 2. The van der Waals surface area contributed by atoms with E-state index in [9.17, 15) is 5.11 Å². The zero-order valence-electron chi connectivity index (χ0n) is 6.97. The van der Waals surface area contributed by atoms with Crippen LogP contribution in [0.3, 0.4) is 0 Å². The summed E-state index contributed by atoms with van der Waals surface area (Å²) in [5.41, 5.74) is 5.57. The van der Waals surface area contributed by atoms with Crippen LogP contribution in [0.15, 0.2) is 0 Å². The summed E-state index contributed by atoms with van der Waals surface area (Å²) in [4.78, 5) is 0. The van der Waals surface area contributed by atoms with Gasteiger partial charge in [0.1, 0.15) is 0 Å². The lowest BCUT2D eigenvalue weighted by Crippen LogP contribution is -2.42. The average Bonchev–Trinajstić information content (AvgIpc) is 2.69. The van der Waals surface area contributed by atoms with E-state index in [0.29, 0.717) is 12.0 Å². The van der Waals surface area contributed by atoms with Crippen LogP contribution in [0.2, 0.25) is 0 Å². The molecule has 2 fully saturated rings. The van der Waals surface area contributed by atoms with Gasteiger partial charge in [-0.1, -0.05) is 0 Å². The van der Waals surface area contributed by atoms with Gasteiger partial charge >= 0.3 is 0 Å². The summed E-state index contributed by atoms with van der Waals surface area (Å²) in [5.74, 6) is 0. The van der Waals surface area contributed by atoms with Gasteiger partial charge in [0.2, 0.25) is 0 Å². The molecule has 0 amide bonds. The third-order valence-electron chi connectivity index (χ3n) is 3.39. The van der Waals surface area contributed by atoms with Crippen LogP contribution in [0.1, 0.15) is 38.5 Å². The molecule has 0 bridgehead atoms. The third-order valence-corrected chi connectivity index (χ3v) is 3.39. The Hall–Kier alpha value is -0.0800. The Kier molecular flexibility index (Phi) is 1.52. The molecule has 2 saturated carbocycles. The van der Waals surface area contributed by atoms with E-state index in [2.05, 4.69) is 0 Å². The monoisotopic (exact) mass is 155 g/mol. The number of rotatable bonds is 1. The molecule has 64 valence electrons. The predicted molar refractivity (Wildman–Crippen MR) is 44.1 cm³/mol. The minimum atomic E-state index is -0.505. The van der Waals surface area contributed by atoms with Gasteiger partial charge in [0.05, 0.1) is 5.60 Å². The van der Waals surface area contributed by atoms with Gasteiger partial charge in [-0.05, 0) is 43.9 Å². The van der Waals surface area contributed by atoms with Gasteiger partial charge in [0.15, 0.2) is 0 Å². The van der Waals surface area contributed by atoms with Crippen LogP contribution in [-0.2, 0) is 0 Å². The first-order valence-electron chi connectivity index (χ1n) is 4.61. The third kappa shape index (κ3) is 1.30. The summed E-state index contributed by atoms with van der Waals surface area (Å²) in [7, 11) is 0. The van der Waals surface area contributed by atoms with Crippen LogP contribution in [-0.4, -0.2) is 17.3 Å². The van der Waals surface area contributed by atoms with Crippen molar-refractivity contribution in [2.24, 2.45) is 11.1 Å². The first kappa shape index (κ1) is 7.56. The number of aliphatic hydroxyl groups is 1. The molecular formula is C9H17NO. The fraction of sp³-hybridized carbons (Fsp3) is 1.00. The topological polar surface area (TPSA) is 46.2 Å². The zero-order chi connectivity index (χ0) is 7.95. The Labute approximate surface area is 67.8 Å². The minimum Gasteiger partial charge on any atom is -0.389 e. The number of hydrogen-bond donors (Lipinski definition) is 2. The second kappa shape index (κ2) is 2.20. The van der Waals surface area contributed by atoms with Gasteiger partial charge in [-0.3, -0.25) is 0 Å². The van der Waals surface area contributed by atoms with Crippen molar-refractivity contribution in [3.63, 3.8) is 0 Å². The van der Waals surface area contributed by atoms with E-state index in [1.165, 1.54) is 25.7 Å². The van der Waals surface area contributed by atoms with Gasteiger partial charge in [0.25, 0.3) is 0 Å². The smallest absolute Gasteiger partial charge is 0.0774 e. The molecule has 2 aliphatic rings. The summed E-state index contributed by atoms with van der Waals surface area (Å²) in [6.07, 6.45) is 7.05. The SMILES string of the molecule is NCC1(O)CCCC2(CC2)C1. The minimum absolute atomic E-state index is 0.453. The first-order chi connectivity index (χ1) is 5.18. The molecule has 1 spiro atoms. The van der Waals surface area contributed by atoms with Gasteiger partial charge in [-0.2, -0.15) is 0 Å². The molecule has 0 saturated heterocycles. The highest BCUT2D eigenvalue weighted by atomic mass is 16.3. The van der Waals surface area contributed by atoms with E-state index in [1.807, 2.05) is 0 Å². The Morgan fingerprint density at radius 3 is 2.45 bits per heavy atom. The Balaban J connectivity index is 2.03. The standard InChI is InChI=1S/C9H17NO/c10-7-9(11)3-1-2-8(6-9)4-5-8/h11H,1-7,10H2. The lowest BCUT2D eigenvalue weighted by Gasteiger charge is -2.36. The molecule has 0 aromatic carbocycles. The van der Waals surface area contributed by atoms with E-state index in [1.54, 1.807) is 0 Å². The molecular weight excluding hydrogens is 138 g/mol. The summed E-state index contributed by atoms with van der Waals surface area (Å²) in [5, 5.41) is 9.93. The maximum Gasteiger partial charge on any atom is 0.0774 e. The second-order valence-corrected chi connectivity index (χ2v) is 4.46. The van der Waals surface area contributed by atoms with Crippen molar-refractivity contribution >= 4 is 0 Å². The molecule has 1 unspecified atom stereocenters. The summed E-state index contributed by atoms with van der Waals surface area (Å²) in [6, 6.07) is 0. The van der Waals surface area contributed by atoms with Crippen LogP contribution in [0.5, 0.6) is 0 Å². The van der Waals surface area contributed by atoms with Crippen molar-refractivity contribution in [1.82, 2.24) is 0 Å². The van der Waals surface area contributed by atoms with Crippen molar-refractivity contribution in [2.45, 2.75) is 44.1 Å². The average molecular weight is 155 g/mol. The maximum absolute atomic E-state index is 9.93. The van der Waals surface area contributed by atoms with Gasteiger partial charge in [-0.15, -0.1) is 0 Å². The summed E-state index contributed by atoms with van der Waals surface area (Å²) in [6.45, 7) is 0.453. The molecule has 0 aliphatic heterocycles. The maximum atomic E-state index is 9.93. The lowest BCUT2D eigenvalue weighted by atomic mass is 9.76. The van der Waals surface area contributed by atoms with E-state index in [4.69, 9.17) is 5.73 Å². The highest BCUT2D eigenvalue weighted by Gasteiger charge is 2.50. The zero-order valence-corrected chi connectivity index (χ0v) is 6.97. The molecule has 0 aromatic heterocycles. The van der Waals surface area contributed by atoms with E-state index in [-0.39, 0.29) is 0 Å². The van der Waals surface area contributed by atoms with Crippen molar-refractivity contribution < 1.29 is 5.11 Å². The van der Waals surface area contributed by atoms with E-state index in [0.717, 1.165) is 12.8 Å². The molecule has 2 rings (SSSR count). The second-order valence-electron chi connectivity index (χ2n) is 4.46. The van der Waals surface area contributed by atoms with E-state index >= 15 is 0 Å². The van der Waals surface area contributed by atoms with Crippen molar-refractivity contribution in [2.75, 3.05) is 6.54 Å². The van der Waals surface area contributed by atoms with Crippen LogP contribution in [0, 0.1) is 5.41 Å². The quantitative estimate of drug-likeness (QED) is 0.594. The van der Waals surface area contributed by atoms with E-state index < -0.39 is 5.60 Å². The molecule has 11 heavy (non-hydrogen) atoms. The molecule has 1 atom stereocenters. The highest BCUT2D eigenvalue weighted by molar-refractivity contribution is 5.02. The van der Waals surface area contributed by atoms with Gasteiger partial charge < -0.3 is 10.8 Å². The number of nitrogens with two attached hydrogens (primary N) is 1. The normalized spacial score (nSPS) is 40.9. The van der Waals surface area contributed by atoms with Crippen LogP contribution in [0.4, 0.5) is 0 Å². The summed E-state index contributed by atoms with van der Waals surface area (Å²) >= 11 is 0. The predicted octanol–water partition coefficient (Wildman–Crippen LogP) is 1.03. The largest absolute Gasteiger partial charge is 0.389 e. The molecule has 0 aromatic rings. The molecule has 3 N–H and O–H groups in total. The van der Waals surface area contributed by atoms with Crippen molar-refractivity contribution in [3.8, 4) is 0 Å². The lowest BCUT2D eigenvalue weighted by molar-refractivity contribution is -0.0140. The molecule has 0 radical (unpaired) electrons. The fourth-order valence-electron chi connectivity index (χ4n) is 2.45. The van der Waals surface area contributed by atoms with Crippen molar-refractivity contribution in [3.05, 3.63) is 0 Å². The molecule has 2 heteroatoms. The van der Waals surface area contributed by atoms with Gasteiger partial charge in [0, 0.05) is 6.54 Å². The Morgan fingerprint density at radius 1 is 1.18 bits per heavy atom. The Bertz CT molecular complexity index is 165. The fourth-order valence-corrected chi connectivity index (χ4v) is 2.45. The Morgan fingerprint density at radius 2 is 1.91 bits per heavy atom.